The van der Waals surface area contributed by atoms with Gasteiger partial charge in [0.05, 0.1) is 8.07 Å². The minimum Gasteiger partial charge on any atom is -0.103 e. The predicted octanol–water partition coefficient (Wildman–Crippen LogP) is 8.61. The number of benzene rings is 3. The van der Waals surface area contributed by atoms with E-state index < -0.39 is 8.07 Å². The number of allylic oxidation sites excluding steroid dienone is 2. The largest absolute Gasteiger partial charge is 0.103 e. The lowest BCUT2D eigenvalue weighted by Gasteiger charge is -2.57. The highest BCUT2D eigenvalue weighted by atomic mass is 28.3. The summed E-state index contributed by atoms with van der Waals surface area (Å²) in [7, 11) is -1.74. The summed E-state index contributed by atoms with van der Waals surface area (Å²) in [5.41, 5.74) is 8.79. The van der Waals surface area contributed by atoms with E-state index in [2.05, 4.69) is 124 Å². The van der Waals surface area contributed by atoms with Crippen LogP contribution < -0.4 is 0 Å². The molecule has 0 spiro atoms. The van der Waals surface area contributed by atoms with E-state index in [1.54, 1.807) is 0 Å². The molecule has 0 nitrogen and oxygen atoms in total. The third-order valence-corrected chi connectivity index (χ3v) is 11.7. The molecule has 3 aromatic carbocycles. The van der Waals surface area contributed by atoms with Gasteiger partial charge in [-0.2, -0.15) is 0 Å². The van der Waals surface area contributed by atoms with E-state index in [1.807, 2.05) is 0 Å². The van der Waals surface area contributed by atoms with Gasteiger partial charge in [-0.05, 0) is 51.6 Å². The summed E-state index contributed by atoms with van der Waals surface area (Å²) in [6.07, 6.45) is 9.28. The first kappa shape index (κ1) is 21.2. The Balaban J connectivity index is 1.85. The van der Waals surface area contributed by atoms with Crippen LogP contribution >= 0.6 is 0 Å². The second-order valence-electron chi connectivity index (χ2n) is 10.8. The highest BCUT2D eigenvalue weighted by Gasteiger charge is 2.61. The topological polar surface area (TPSA) is 0 Å². The first-order valence-electron chi connectivity index (χ1n) is 11.9. The second-order valence-corrected chi connectivity index (χ2v) is 16.1. The average molecular weight is 435 g/mol. The summed E-state index contributed by atoms with van der Waals surface area (Å²) in [6, 6.07) is 27.4. The van der Waals surface area contributed by atoms with Crippen molar-refractivity contribution in [2.24, 2.45) is 5.41 Å². The van der Waals surface area contributed by atoms with Crippen molar-refractivity contribution in [2.75, 3.05) is 0 Å². The van der Waals surface area contributed by atoms with Gasteiger partial charge in [0.25, 0.3) is 0 Å². The summed E-state index contributed by atoms with van der Waals surface area (Å²) in [5.74, 6) is 0.359. The van der Waals surface area contributed by atoms with E-state index in [-0.39, 0.29) is 10.5 Å². The van der Waals surface area contributed by atoms with Crippen LogP contribution in [0.5, 0.6) is 0 Å². The summed E-state index contributed by atoms with van der Waals surface area (Å²) in [6.45, 7) is 14.4. The molecule has 5 rings (SSSR count). The van der Waals surface area contributed by atoms with Crippen LogP contribution in [0.3, 0.4) is 0 Å². The van der Waals surface area contributed by atoms with Gasteiger partial charge in [-0.15, -0.1) is 6.58 Å². The van der Waals surface area contributed by atoms with Gasteiger partial charge in [0.2, 0.25) is 0 Å². The first-order valence-corrected chi connectivity index (χ1v) is 15.4. The Labute approximate surface area is 194 Å². The average Bonchev–Trinajstić information content (AvgIpc) is 3.35. The lowest BCUT2D eigenvalue weighted by Crippen LogP contribution is -2.59. The Kier molecular flexibility index (Phi) is 4.94. The van der Waals surface area contributed by atoms with Crippen LogP contribution in [-0.4, -0.2) is 8.07 Å². The summed E-state index contributed by atoms with van der Waals surface area (Å²) in [4.78, 5) is 0. The van der Waals surface area contributed by atoms with Gasteiger partial charge in [-0.1, -0.05) is 118 Å². The van der Waals surface area contributed by atoms with Crippen molar-refractivity contribution in [2.45, 2.75) is 50.4 Å². The highest BCUT2D eigenvalue weighted by Crippen LogP contribution is 2.65. The third-order valence-electron chi connectivity index (χ3n) is 8.32. The third kappa shape index (κ3) is 2.74. The fraction of sp³-hybridized carbons (Fsp3) is 0.290. The van der Waals surface area contributed by atoms with E-state index in [0.29, 0.717) is 5.92 Å². The Morgan fingerprint density at radius 1 is 0.875 bits per heavy atom. The quantitative estimate of drug-likeness (QED) is 0.269. The maximum atomic E-state index is 4.13. The molecule has 0 saturated heterocycles. The minimum absolute atomic E-state index is 0.0253. The molecule has 3 aromatic rings. The smallest absolute Gasteiger partial charge is 0.0612 e. The molecule has 0 fully saturated rings. The first-order chi connectivity index (χ1) is 15.3. The molecule has 0 bridgehead atoms. The summed E-state index contributed by atoms with van der Waals surface area (Å²) < 4.78 is 0. The van der Waals surface area contributed by atoms with Crippen molar-refractivity contribution in [3.63, 3.8) is 0 Å². The Bertz CT molecular complexity index is 1170. The van der Waals surface area contributed by atoms with Crippen molar-refractivity contribution < 1.29 is 0 Å². The van der Waals surface area contributed by atoms with Crippen LogP contribution in [0.25, 0.3) is 17.2 Å². The minimum atomic E-state index is -1.74. The maximum Gasteiger partial charge on any atom is 0.0612 e. The lowest BCUT2D eigenvalue weighted by atomic mass is 9.60. The van der Waals surface area contributed by atoms with Crippen molar-refractivity contribution in [3.05, 3.63) is 114 Å². The van der Waals surface area contributed by atoms with Crippen molar-refractivity contribution >= 4 is 14.1 Å². The van der Waals surface area contributed by atoms with Crippen LogP contribution in [0, 0.1) is 5.41 Å². The molecule has 0 saturated carbocycles. The number of hydrogen-bond acceptors (Lipinski definition) is 0. The molecule has 2 unspecified atom stereocenters. The van der Waals surface area contributed by atoms with Crippen molar-refractivity contribution in [1.29, 1.82) is 0 Å². The predicted molar refractivity (Wildman–Crippen MR) is 142 cm³/mol. The zero-order chi connectivity index (χ0) is 22.6. The molecular weight excluding hydrogens is 400 g/mol. The monoisotopic (exact) mass is 434 g/mol. The zero-order valence-corrected chi connectivity index (χ0v) is 20.9. The van der Waals surface area contributed by atoms with E-state index in [9.17, 15) is 0 Å². The Hall–Kier alpha value is -2.64. The Morgan fingerprint density at radius 2 is 1.44 bits per heavy atom. The summed E-state index contributed by atoms with van der Waals surface area (Å²) in [5, 5.41) is 0.0365. The van der Waals surface area contributed by atoms with E-state index in [0.717, 1.165) is 12.8 Å². The molecule has 0 amide bonds. The van der Waals surface area contributed by atoms with Gasteiger partial charge >= 0.3 is 0 Å². The van der Waals surface area contributed by atoms with Gasteiger partial charge in [0.1, 0.15) is 0 Å². The van der Waals surface area contributed by atoms with Gasteiger partial charge in [0, 0.05) is 11.0 Å². The molecule has 0 aromatic heterocycles. The van der Waals surface area contributed by atoms with Gasteiger partial charge in [-0.25, -0.2) is 0 Å². The van der Waals surface area contributed by atoms with Crippen molar-refractivity contribution in [3.8, 4) is 11.1 Å². The SMILES string of the molecule is C=CCCC(C)(C1c2ccccc2-c2ccccc21)C1([Si](C)(C)C)C=Cc2ccccc21. The number of fused-ring (bicyclic) bond motifs is 4. The molecule has 0 aliphatic heterocycles. The molecule has 0 heterocycles. The second kappa shape index (κ2) is 7.45. The molecule has 2 aliphatic carbocycles. The molecule has 2 aliphatic rings. The van der Waals surface area contributed by atoms with Crippen molar-refractivity contribution in [1.82, 2.24) is 0 Å². The van der Waals surface area contributed by atoms with Crippen LogP contribution in [0.4, 0.5) is 0 Å². The van der Waals surface area contributed by atoms with E-state index in [1.165, 1.54) is 33.4 Å². The van der Waals surface area contributed by atoms with Crippen LogP contribution in [0.15, 0.2) is 91.5 Å². The van der Waals surface area contributed by atoms with Gasteiger partial charge in [-0.3, -0.25) is 0 Å². The van der Waals surface area contributed by atoms with Crippen LogP contribution in [0.2, 0.25) is 19.6 Å². The molecule has 0 N–H and O–H groups in total. The normalized spacial score (nSPS) is 21.0. The molecular formula is C31H34Si. The molecule has 0 radical (unpaired) electrons. The molecule has 32 heavy (non-hydrogen) atoms. The van der Waals surface area contributed by atoms with E-state index >= 15 is 0 Å². The summed E-state index contributed by atoms with van der Waals surface area (Å²) >= 11 is 0. The van der Waals surface area contributed by atoms with Crippen LogP contribution in [0.1, 0.15) is 47.9 Å². The van der Waals surface area contributed by atoms with Gasteiger partial charge in [0.15, 0.2) is 0 Å². The lowest BCUT2D eigenvalue weighted by molar-refractivity contribution is 0.195. The maximum absolute atomic E-state index is 4.13. The van der Waals surface area contributed by atoms with E-state index in [4.69, 9.17) is 0 Å². The van der Waals surface area contributed by atoms with Crippen LogP contribution in [-0.2, 0) is 5.04 Å². The Morgan fingerprint density at radius 3 is 2.03 bits per heavy atom. The highest BCUT2D eigenvalue weighted by molar-refractivity contribution is 6.80. The molecule has 162 valence electrons. The fourth-order valence-electron chi connectivity index (χ4n) is 7.13. The molecule has 2 atom stereocenters. The molecule has 1 heteroatoms. The van der Waals surface area contributed by atoms with Gasteiger partial charge < -0.3 is 0 Å². The zero-order valence-electron chi connectivity index (χ0n) is 19.9. The fourth-order valence-corrected chi connectivity index (χ4v) is 10.7. The standard InChI is InChI=1S/C31H34Si/c1-6-7-21-30(2,31(32(3,4)5)22-20-23-14-8-13-19-28(23)31)29-26-17-11-9-15-24(26)25-16-10-12-18-27(25)29/h6,8-20,22,29H,1,7,21H2,2-5H3. The number of rotatable bonds is 6. The number of hydrogen-bond donors (Lipinski definition) is 0.